The zero-order valence-electron chi connectivity index (χ0n) is 9.09. The molecule has 3 heteroatoms. The number of carbonyl (C=O) groups excluding carboxylic acids is 1. The fraction of sp³-hybridized carbons (Fsp3) is 0.231. The molecule has 0 fully saturated rings. The van der Waals surface area contributed by atoms with Gasteiger partial charge in [0.1, 0.15) is 0 Å². The van der Waals surface area contributed by atoms with Crippen LogP contribution in [0.3, 0.4) is 0 Å². The van der Waals surface area contributed by atoms with Crippen LogP contribution in [0.5, 0.6) is 0 Å². The largest absolute Gasteiger partial charge is 0.468 e. The SMILES string of the molecule is C=CC(c1ccccc1)C(C#N)C(=O)OC. The van der Waals surface area contributed by atoms with E-state index in [0.29, 0.717) is 0 Å². The minimum atomic E-state index is -0.843. The first-order valence-electron chi connectivity index (χ1n) is 4.89. The molecule has 2 atom stereocenters. The van der Waals surface area contributed by atoms with Crippen LogP contribution in [0, 0.1) is 17.2 Å². The molecule has 0 spiro atoms. The highest BCUT2D eigenvalue weighted by Gasteiger charge is 2.28. The van der Waals surface area contributed by atoms with Crippen molar-refractivity contribution in [2.75, 3.05) is 7.11 Å². The molecule has 0 bridgehead atoms. The third-order valence-electron chi connectivity index (χ3n) is 2.39. The van der Waals surface area contributed by atoms with Crippen LogP contribution in [0.15, 0.2) is 43.0 Å². The number of allylic oxidation sites excluding steroid dienone is 1. The van der Waals surface area contributed by atoms with Gasteiger partial charge >= 0.3 is 5.97 Å². The van der Waals surface area contributed by atoms with Gasteiger partial charge in [0.15, 0.2) is 5.92 Å². The van der Waals surface area contributed by atoms with Gasteiger partial charge < -0.3 is 4.74 Å². The van der Waals surface area contributed by atoms with Crippen LogP contribution < -0.4 is 0 Å². The number of esters is 1. The van der Waals surface area contributed by atoms with Crippen LogP contribution in [0.4, 0.5) is 0 Å². The summed E-state index contributed by atoms with van der Waals surface area (Å²) in [5.74, 6) is -1.71. The standard InChI is InChI=1S/C13H13NO2/c1-3-11(10-7-5-4-6-8-10)12(9-14)13(15)16-2/h3-8,11-12H,1H2,2H3. The first-order chi connectivity index (χ1) is 7.74. The topological polar surface area (TPSA) is 50.1 Å². The van der Waals surface area contributed by atoms with Crippen LogP contribution in [0.25, 0.3) is 0 Å². The Morgan fingerprint density at radius 3 is 2.56 bits per heavy atom. The van der Waals surface area contributed by atoms with Gasteiger partial charge in [-0.25, -0.2) is 0 Å². The molecule has 1 aromatic rings. The Kier molecular flexibility index (Phi) is 4.28. The van der Waals surface area contributed by atoms with Crippen molar-refractivity contribution in [3.63, 3.8) is 0 Å². The highest BCUT2D eigenvalue weighted by atomic mass is 16.5. The Morgan fingerprint density at radius 1 is 1.50 bits per heavy atom. The van der Waals surface area contributed by atoms with E-state index in [4.69, 9.17) is 5.26 Å². The number of methoxy groups -OCH3 is 1. The highest BCUT2D eigenvalue weighted by molar-refractivity contribution is 5.76. The molecule has 0 aliphatic heterocycles. The summed E-state index contributed by atoms with van der Waals surface area (Å²) in [4.78, 5) is 11.4. The summed E-state index contributed by atoms with van der Waals surface area (Å²) in [6.45, 7) is 3.66. The van der Waals surface area contributed by atoms with Gasteiger partial charge in [0, 0.05) is 5.92 Å². The fourth-order valence-electron chi connectivity index (χ4n) is 1.55. The van der Waals surface area contributed by atoms with Crippen LogP contribution in [0.1, 0.15) is 11.5 Å². The van der Waals surface area contributed by atoms with E-state index in [9.17, 15) is 4.79 Å². The quantitative estimate of drug-likeness (QED) is 0.571. The molecule has 3 nitrogen and oxygen atoms in total. The Bertz CT molecular complexity index is 406. The average molecular weight is 215 g/mol. The van der Waals surface area contributed by atoms with E-state index in [1.807, 2.05) is 36.4 Å². The van der Waals surface area contributed by atoms with E-state index in [0.717, 1.165) is 5.56 Å². The lowest BCUT2D eigenvalue weighted by Crippen LogP contribution is -2.21. The summed E-state index contributed by atoms with van der Waals surface area (Å²) in [5, 5.41) is 8.99. The monoisotopic (exact) mass is 215 g/mol. The summed E-state index contributed by atoms with van der Waals surface area (Å²) in [7, 11) is 1.28. The van der Waals surface area contributed by atoms with Gasteiger partial charge in [-0.1, -0.05) is 36.4 Å². The second-order valence-corrected chi connectivity index (χ2v) is 3.30. The van der Waals surface area contributed by atoms with E-state index in [2.05, 4.69) is 11.3 Å². The van der Waals surface area contributed by atoms with E-state index < -0.39 is 11.9 Å². The van der Waals surface area contributed by atoms with E-state index in [-0.39, 0.29) is 5.92 Å². The van der Waals surface area contributed by atoms with Gasteiger partial charge in [0.05, 0.1) is 13.2 Å². The van der Waals surface area contributed by atoms with Crippen molar-refractivity contribution in [2.45, 2.75) is 5.92 Å². The summed E-state index contributed by atoms with van der Waals surface area (Å²) in [6.07, 6.45) is 1.60. The molecule has 0 amide bonds. The molecule has 0 heterocycles. The molecule has 1 rings (SSSR count). The lowest BCUT2D eigenvalue weighted by molar-refractivity contribution is -0.143. The van der Waals surface area contributed by atoms with Crippen molar-refractivity contribution >= 4 is 5.97 Å². The maximum atomic E-state index is 11.4. The molecule has 0 aliphatic rings. The number of rotatable bonds is 4. The molecule has 0 aromatic heterocycles. The molecule has 1 aromatic carbocycles. The maximum Gasteiger partial charge on any atom is 0.324 e. The van der Waals surface area contributed by atoms with Crippen LogP contribution in [-0.2, 0) is 9.53 Å². The van der Waals surface area contributed by atoms with E-state index >= 15 is 0 Å². The smallest absolute Gasteiger partial charge is 0.324 e. The highest BCUT2D eigenvalue weighted by Crippen LogP contribution is 2.26. The zero-order chi connectivity index (χ0) is 12.0. The first-order valence-corrected chi connectivity index (χ1v) is 4.89. The third kappa shape index (κ3) is 2.48. The molecular formula is C13H13NO2. The van der Waals surface area contributed by atoms with Gasteiger partial charge in [0.25, 0.3) is 0 Å². The molecule has 16 heavy (non-hydrogen) atoms. The maximum absolute atomic E-state index is 11.4. The van der Waals surface area contributed by atoms with Gasteiger partial charge in [-0.3, -0.25) is 4.79 Å². The van der Waals surface area contributed by atoms with Crippen LogP contribution >= 0.6 is 0 Å². The van der Waals surface area contributed by atoms with Crippen LogP contribution in [0.2, 0.25) is 0 Å². The second-order valence-electron chi connectivity index (χ2n) is 3.30. The summed E-state index contributed by atoms with van der Waals surface area (Å²) in [5.41, 5.74) is 0.884. The zero-order valence-corrected chi connectivity index (χ0v) is 9.09. The summed E-state index contributed by atoms with van der Waals surface area (Å²) in [6, 6.07) is 11.3. The Labute approximate surface area is 95.0 Å². The van der Waals surface area contributed by atoms with Crippen molar-refractivity contribution in [3.8, 4) is 6.07 Å². The van der Waals surface area contributed by atoms with Crippen molar-refractivity contribution in [1.29, 1.82) is 5.26 Å². The molecule has 2 unspecified atom stereocenters. The molecular weight excluding hydrogens is 202 g/mol. The Balaban J connectivity index is 3.03. The van der Waals surface area contributed by atoms with Gasteiger partial charge in [0.2, 0.25) is 0 Å². The number of hydrogen-bond acceptors (Lipinski definition) is 3. The second kappa shape index (κ2) is 5.72. The molecule has 82 valence electrons. The van der Waals surface area contributed by atoms with Gasteiger partial charge in [-0.15, -0.1) is 6.58 Å². The third-order valence-corrected chi connectivity index (χ3v) is 2.39. The lowest BCUT2D eigenvalue weighted by atomic mass is 9.87. The van der Waals surface area contributed by atoms with Crippen molar-refractivity contribution in [3.05, 3.63) is 48.6 Å². The minimum Gasteiger partial charge on any atom is -0.468 e. The molecule has 0 saturated carbocycles. The van der Waals surface area contributed by atoms with E-state index in [1.165, 1.54) is 7.11 Å². The number of nitrogens with zero attached hydrogens (tertiary/aromatic N) is 1. The van der Waals surface area contributed by atoms with Gasteiger partial charge in [-0.2, -0.15) is 5.26 Å². The van der Waals surface area contributed by atoms with Gasteiger partial charge in [-0.05, 0) is 5.56 Å². The Hall–Kier alpha value is -2.08. The van der Waals surface area contributed by atoms with Crippen molar-refractivity contribution in [1.82, 2.24) is 0 Å². The van der Waals surface area contributed by atoms with Crippen molar-refractivity contribution in [2.24, 2.45) is 5.92 Å². The lowest BCUT2D eigenvalue weighted by Gasteiger charge is -2.16. The van der Waals surface area contributed by atoms with E-state index in [1.54, 1.807) is 6.08 Å². The minimum absolute atomic E-state index is 0.335. The predicted octanol–water partition coefficient (Wildman–Crippen LogP) is 2.27. The molecule has 0 radical (unpaired) electrons. The number of carbonyl (C=O) groups is 1. The number of hydrogen-bond donors (Lipinski definition) is 0. The number of benzene rings is 1. The summed E-state index contributed by atoms with van der Waals surface area (Å²) < 4.78 is 4.60. The molecule has 0 saturated heterocycles. The molecule has 0 aliphatic carbocycles. The molecule has 0 N–H and O–H groups in total. The first kappa shape index (κ1) is 12.0. The fourth-order valence-corrected chi connectivity index (χ4v) is 1.55. The number of ether oxygens (including phenoxy) is 1. The normalized spacial score (nSPS) is 13.2. The van der Waals surface area contributed by atoms with Crippen LogP contribution in [-0.4, -0.2) is 13.1 Å². The predicted molar refractivity (Wildman–Crippen MR) is 60.5 cm³/mol. The summed E-state index contributed by atoms with van der Waals surface area (Å²) >= 11 is 0. The Morgan fingerprint density at radius 2 is 2.12 bits per heavy atom. The van der Waals surface area contributed by atoms with Crippen molar-refractivity contribution < 1.29 is 9.53 Å². The average Bonchev–Trinajstić information content (AvgIpc) is 2.36. The number of nitriles is 1.